The van der Waals surface area contributed by atoms with Crippen LogP contribution in [0.2, 0.25) is 0 Å². The number of esters is 1. The van der Waals surface area contributed by atoms with E-state index in [2.05, 4.69) is 4.98 Å². The number of nitrogens with zero attached hydrogens (tertiary/aromatic N) is 3. The van der Waals surface area contributed by atoms with E-state index >= 15 is 0 Å². The van der Waals surface area contributed by atoms with Crippen LogP contribution >= 0.6 is 11.3 Å². The molecule has 32 heavy (non-hydrogen) atoms. The van der Waals surface area contributed by atoms with Crippen molar-refractivity contribution in [2.45, 2.75) is 33.2 Å². The largest absolute Gasteiger partial charge is 0.462 e. The number of sulfonamides is 1. The third-order valence-corrected chi connectivity index (χ3v) is 7.73. The molecule has 0 aliphatic carbocycles. The fraction of sp³-hybridized carbons (Fsp3) is 0.476. The number of anilines is 1. The number of rotatable bonds is 7. The van der Waals surface area contributed by atoms with Crippen LogP contribution in [0.4, 0.5) is 9.52 Å². The Balaban J connectivity index is 1.88. The van der Waals surface area contributed by atoms with Crippen LogP contribution < -0.4 is 4.90 Å². The van der Waals surface area contributed by atoms with Gasteiger partial charge >= 0.3 is 5.97 Å². The Kier molecular flexibility index (Phi) is 7.63. The molecule has 174 valence electrons. The second-order valence-corrected chi connectivity index (χ2v) is 10.6. The number of aromatic nitrogens is 1. The minimum atomic E-state index is -3.31. The summed E-state index contributed by atoms with van der Waals surface area (Å²) in [5, 5.41) is 0.352. The Hall–Kier alpha value is -2.37. The average molecular weight is 484 g/mol. The maximum Gasteiger partial charge on any atom is 0.350 e. The highest BCUT2D eigenvalue weighted by Crippen LogP contribution is 2.31. The Morgan fingerprint density at radius 1 is 1.25 bits per heavy atom. The van der Waals surface area contributed by atoms with Crippen molar-refractivity contribution in [3.63, 3.8) is 0 Å². The molecule has 1 saturated heterocycles. The van der Waals surface area contributed by atoms with Gasteiger partial charge in [-0.2, -0.15) is 0 Å². The first-order valence-electron chi connectivity index (χ1n) is 10.3. The second kappa shape index (κ2) is 10.1. The van der Waals surface area contributed by atoms with Crippen LogP contribution in [0.1, 0.15) is 40.7 Å². The Morgan fingerprint density at radius 3 is 2.44 bits per heavy atom. The fourth-order valence-electron chi connectivity index (χ4n) is 3.55. The van der Waals surface area contributed by atoms with E-state index in [9.17, 15) is 22.4 Å². The summed E-state index contributed by atoms with van der Waals surface area (Å²) in [5.74, 6) is -1.46. The summed E-state index contributed by atoms with van der Waals surface area (Å²) in [6.07, 6.45) is 1.94. The van der Waals surface area contributed by atoms with Crippen molar-refractivity contribution in [3.05, 3.63) is 46.2 Å². The predicted molar refractivity (Wildman–Crippen MR) is 120 cm³/mol. The van der Waals surface area contributed by atoms with Crippen molar-refractivity contribution >= 4 is 38.4 Å². The molecule has 8 nitrogen and oxygen atoms in total. The molecular formula is C21H26FN3O5S2. The van der Waals surface area contributed by atoms with Gasteiger partial charge in [0.2, 0.25) is 15.9 Å². The predicted octanol–water partition coefficient (Wildman–Crippen LogP) is 2.97. The zero-order valence-corrected chi connectivity index (χ0v) is 19.8. The Bertz CT molecular complexity index is 1080. The summed E-state index contributed by atoms with van der Waals surface area (Å²) in [5.41, 5.74) is 1.17. The zero-order valence-electron chi connectivity index (χ0n) is 18.2. The maximum atomic E-state index is 13.5. The molecule has 1 aromatic heterocycles. The van der Waals surface area contributed by atoms with Gasteiger partial charge in [-0.3, -0.25) is 9.69 Å². The number of carbonyl (C=O) groups excluding carboxylic acids is 2. The first-order valence-corrected chi connectivity index (χ1v) is 12.9. The van der Waals surface area contributed by atoms with Crippen LogP contribution in [-0.2, 0) is 26.1 Å². The first kappa shape index (κ1) is 24.3. The van der Waals surface area contributed by atoms with Crippen molar-refractivity contribution < 1.29 is 27.1 Å². The van der Waals surface area contributed by atoms with Gasteiger partial charge in [-0.1, -0.05) is 23.5 Å². The lowest BCUT2D eigenvalue weighted by Gasteiger charge is -2.32. The van der Waals surface area contributed by atoms with Crippen molar-refractivity contribution in [2.75, 3.05) is 30.9 Å². The molecule has 1 amide bonds. The van der Waals surface area contributed by atoms with E-state index in [-0.39, 0.29) is 43.9 Å². The highest BCUT2D eigenvalue weighted by Gasteiger charge is 2.33. The number of aryl methyl sites for hydroxylation is 1. The standard InChI is InChI=1S/C21H26FN3O5S2/c1-4-30-20(27)18-14(2)23-21(31-18)25(13-15-5-7-17(22)8-6-15)19(26)16-9-11-24(12-10-16)32(3,28)29/h5-8,16H,4,9-13H2,1-3H3. The van der Waals surface area contributed by atoms with Gasteiger partial charge in [-0.25, -0.2) is 26.9 Å². The Labute approximate surface area is 191 Å². The second-order valence-electron chi connectivity index (χ2n) is 7.62. The number of hydrogen-bond acceptors (Lipinski definition) is 7. The molecule has 0 atom stereocenters. The van der Waals surface area contributed by atoms with E-state index in [0.717, 1.165) is 17.6 Å². The molecule has 11 heteroatoms. The van der Waals surface area contributed by atoms with E-state index in [1.807, 2.05) is 0 Å². The topological polar surface area (TPSA) is 96.9 Å². The van der Waals surface area contributed by atoms with Gasteiger partial charge < -0.3 is 4.74 Å². The van der Waals surface area contributed by atoms with E-state index < -0.39 is 16.0 Å². The zero-order chi connectivity index (χ0) is 23.5. The molecule has 0 radical (unpaired) electrons. The van der Waals surface area contributed by atoms with E-state index in [1.165, 1.54) is 21.3 Å². The molecule has 2 aromatic rings. The molecule has 0 unspecified atom stereocenters. The number of thiazole rings is 1. The van der Waals surface area contributed by atoms with Gasteiger partial charge in [0.15, 0.2) is 5.13 Å². The minimum absolute atomic E-state index is 0.153. The molecular weight excluding hydrogens is 457 g/mol. The molecule has 1 aliphatic rings. The van der Waals surface area contributed by atoms with Gasteiger partial charge in [0.25, 0.3) is 0 Å². The van der Waals surface area contributed by atoms with E-state index in [0.29, 0.717) is 34.1 Å². The number of halogens is 1. The normalized spacial score (nSPS) is 15.5. The summed E-state index contributed by atoms with van der Waals surface area (Å²) >= 11 is 1.07. The van der Waals surface area contributed by atoms with Gasteiger partial charge in [-0.05, 0) is 44.4 Å². The molecule has 0 saturated carbocycles. The van der Waals surface area contributed by atoms with Crippen LogP contribution in [0.15, 0.2) is 24.3 Å². The van der Waals surface area contributed by atoms with Crippen LogP contribution in [0, 0.1) is 18.7 Å². The lowest BCUT2D eigenvalue weighted by molar-refractivity contribution is -0.123. The number of piperidine rings is 1. The van der Waals surface area contributed by atoms with Crippen LogP contribution in [-0.4, -0.2) is 55.5 Å². The number of ether oxygens (including phenoxy) is 1. The van der Waals surface area contributed by atoms with Crippen LogP contribution in [0.3, 0.4) is 0 Å². The lowest BCUT2D eigenvalue weighted by Crippen LogP contribution is -2.44. The molecule has 1 aliphatic heterocycles. The van der Waals surface area contributed by atoms with Crippen molar-refractivity contribution in [1.82, 2.24) is 9.29 Å². The molecule has 2 heterocycles. The summed E-state index contributed by atoms with van der Waals surface area (Å²) in [6.45, 7) is 4.30. The number of benzene rings is 1. The highest BCUT2D eigenvalue weighted by atomic mass is 32.2. The molecule has 1 fully saturated rings. The molecule has 1 aromatic carbocycles. The first-order chi connectivity index (χ1) is 15.1. The SMILES string of the molecule is CCOC(=O)c1sc(N(Cc2ccc(F)cc2)C(=O)C2CCN(S(C)(=O)=O)CC2)nc1C. The minimum Gasteiger partial charge on any atom is -0.462 e. The summed E-state index contributed by atoms with van der Waals surface area (Å²) in [4.78, 5) is 32.0. The Morgan fingerprint density at radius 2 is 1.88 bits per heavy atom. The monoisotopic (exact) mass is 483 g/mol. The van der Waals surface area contributed by atoms with Gasteiger partial charge in [0.05, 0.1) is 25.1 Å². The van der Waals surface area contributed by atoms with Gasteiger partial charge in [0, 0.05) is 19.0 Å². The third-order valence-electron chi connectivity index (χ3n) is 5.27. The van der Waals surface area contributed by atoms with Crippen LogP contribution in [0.25, 0.3) is 0 Å². The average Bonchev–Trinajstić information content (AvgIpc) is 3.14. The van der Waals surface area contributed by atoms with E-state index in [4.69, 9.17) is 4.74 Å². The molecule has 0 bridgehead atoms. The summed E-state index contributed by atoms with van der Waals surface area (Å²) in [6, 6.07) is 5.82. The van der Waals surface area contributed by atoms with Crippen molar-refractivity contribution in [1.29, 1.82) is 0 Å². The number of carbonyl (C=O) groups is 2. The van der Waals surface area contributed by atoms with Gasteiger partial charge in [0.1, 0.15) is 10.7 Å². The smallest absolute Gasteiger partial charge is 0.350 e. The van der Waals surface area contributed by atoms with E-state index in [1.54, 1.807) is 26.0 Å². The molecule has 0 N–H and O–H groups in total. The van der Waals surface area contributed by atoms with Gasteiger partial charge in [-0.15, -0.1) is 0 Å². The molecule has 0 spiro atoms. The number of amides is 1. The third kappa shape index (κ3) is 5.70. The quantitative estimate of drug-likeness (QED) is 0.562. The summed E-state index contributed by atoms with van der Waals surface area (Å²) < 4.78 is 43.4. The molecule has 3 rings (SSSR count). The maximum absolute atomic E-state index is 13.5. The summed E-state index contributed by atoms with van der Waals surface area (Å²) in [7, 11) is -3.31. The van der Waals surface area contributed by atoms with Crippen LogP contribution in [0.5, 0.6) is 0 Å². The highest BCUT2D eigenvalue weighted by molar-refractivity contribution is 7.88. The fourth-order valence-corrected chi connectivity index (χ4v) is 5.39. The van der Waals surface area contributed by atoms with Crippen molar-refractivity contribution in [3.8, 4) is 0 Å². The lowest BCUT2D eigenvalue weighted by atomic mass is 9.96. The van der Waals surface area contributed by atoms with Crippen molar-refractivity contribution in [2.24, 2.45) is 5.92 Å². The number of hydrogen-bond donors (Lipinski definition) is 0.